The van der Waals surface area contributed by atoms with Gasteiger partial charge in [-0.05, 0) is 18.8 Å². The standard InChI is InChI=1S/C7H9BrO/c8-6-2-5-1-4(6)3-7(5)9/h4-6H,1-3H2/t4-,5+,6-/m0/s1. The van der Waals surface area contributed by atoms with E-state index in [1.54, 1.807) is 0 Å². The van der Waals surface area contributed by atoms with E-state index in [2.05, 4.69) is 15.9 Å². The Labute approximate surface area is 62.9 Å². The van der Waals surface area contributed by atoms with E-state index in [4.69, 9.17) is 0 Å². The fourth-order valence-electron chi connectivity index (χ4n) is 1.97. The Balaban J connectivity index is 2.19. The largest absolute Gasteiger partial charge is 0.299 e. The number of fused-ring (bicyclic) bond motifs is 2. The maximum Gasteiger partial charge on any atom is 0.136 e. The second-order valence-corrected chi connectivity index (χ2v) is 4.29. The minimum Gasteiger partial charge on any atom is -0.299 e. The molecule has 2 heteroatoms. The molecular formula is C7H9BrO. The van der Waals surface area contributed by atoms with Crippen molar-refractivity contribution >= 4 is 21.7 Å². The summed E-state index contributed by atoms with van der Waals surface area (Å²) in [4.78, 5) is 11.6. The summed E-state index contributed by atoms with van der Waals surface area (Å²) in [6, 6.07) is 0. The van der Waals surface area contributed by atoms with E-state index < -0.39 is 0 Å². The molecule has 0 amide bonds. The van der Waals surface area contributed by atoms with Crippen LogP contribution in [0.25, 0.3) is 0 Å². The molecule has 2 aliphatic carbocycles. The highest BCUT2D eigenvalue weighted by atomic mass is 79.9. The summed E-state index contributed by atoms with van der Waals surface area (Å²) in [7, 11) is 0. The molecule has 1 nitrogen and oxygen atoms in total. The van der Waals surface area contributed by atoms with E-state index in [9.17, 15) is 4.79 Å². The van der Waals surface area contributed by atoms with Crippen LogP contribution < -0.4 is 0 Å². The second kappa shape index (κ2) is 1.82. The van der Waals surface area contributed by atoms with Crippen molar-refractivity contribution in [3.05, 3.63) is 0 Å². The van der Waals surface area contributed by atoms with Gasteiger partial charge in [-0.1, -0.05) is 15.9 Å². The van der Waals surface area contributed by atoms with Crippen LogP contribution >= 0.6 is 15.9 Å². The minimum atomic E-state index is 0.430. The van der Waals surface area contributed by atoms with Gasteiger partial charge in [0, 0.05) is 17.2 Å². The Bertz CT molecular complexity index is 153. The van der Waals surface area contributed by atoms with Crippen molar-refractivity contribution in [3.8, 4) is 0 Å². The molecule has 2 fully saturated rings. The molecule has 9 heavy (non-hydrogen) atoms. The van der Waals surface area contributed by atoms with E-state index in [-0.39, 0.29) is 0 Å². The molecule has 0 saturated heterocycles. The number of rotatable bonds is 0. The van der Waals surface area contributed by atoms with Crippen LogP contribution in [-0.4, -0.2) is 10.6 Å². The van der Waals surface area contributed by atoms with Crippen molar-refractivity contribution in [2.24, 2.45) is 11.8 Å². The quantitative estimate of drug-likeness (QED) is 0.530. The summed E-state index contributed by atoms with van der Waals surface area (Å²) in [6.07, 6.45) is 3.11. The van der Waals surface area contributed by atoms with Crippen LogP contribution in [0.3, 0.4) is 0 Å². The van der Waals surface area contributed by atoms with Gasteiger partial charge in [0.1, 0.15) is 5.78 Å². The minimum absolute atomic E-state index is 0.430. The van der Waals surface area contributed by atoms with E-state index in [0.717, 1.165) is 19.3 Å². The summed E-state index contributed by atoms with van der Waals surface area (Å²) < 4.78 is 0. The van der Waals surface area contributed by atoms with Gasteiger partial charge in [0.2, 0.25) is 0 Å². The third kappa shape index (κ3) is 0.759. The lowest BCUT2D eigenvalue weighted by molar-refractivity contribution is -0.121. The molecule has 50 valence electrons. The predicted molar refractivity (Wildman–Crippen MR) is 38.6 cm³/mol. The zero-order valence-corrected chi connectivity index (χ0v) is 6.73. The first kappa shape index (κ1) is 5.90. The maximum absolute atomic E-state index is 11.0. The molecule has 0 N–H and O–H groups in total. The van der Waals surface area contributed by atoms with Crippen LogP contribution in [0.1, 0.15) is 19.3 Å². The average Bonchev–Trinajstić information content (AvgIpc) is 2.24. The van der Waals surface area contributed by atoms with Crippen LogP contribution in [0.15, 0.2) is 0 Å². The number of Topliss-reactive ketones (excluding diaryl/α,β-unsaturated/α-hetero) is 1. The third-order valence-electron chi connectivity index (χ3n) is 2.53. The van der Waals surface area contributed by atoms with Gasteiger partial charge >= 0.3 is 0 Å². The first-order chi connectivity index (χ1) is 4.27. The smallest absolute Gasteiger partial charge is 0.136 e. The van der Waals surface area contributed by atoms with Gasteiger partial charge in [-0.25, -0.2) is 0 Å². The molecule has 0 radical (unpaired) electrons. The molecule has 2 rings (SSSR count). The lowest BCUT2D eigenvalue weighted by Crippen LogP contribution is -2.16. The maximum atomic E-state index is 11.0. The number of hydrogen-bond donors (Lipinski definition) is 0. The SMILES string of the molecule is O=C1C[C@@H]2C[C@@H]1C[C@@H]2Br. The molecule has 3 atom stereocenters. The first-order valence-corrected chi connectivity index (χ1v) is 4.35. The van der Waals surface area contributed by atoms with E-state index in [0.29, 0.717) is 22.4 Å². The molecular weight excluding hydrogens is 180 g/mol. The number of ketones is 1. The molecule has 2 aliphatic rings. The van der Waals surface area contributed by atoms with Gasteiger partial charge in [0.25, 0.3) is 0 Å². The van der Waals surface area contributed by atoms with Gasteiger partial charge < -0.3 is 0 Å². The van der Waals surface area contributed by atoms with Crippen molar-refractivity contribution < 1.29 is 4.79 Å². The predicted octanol–water partition coefficient (Wildman–Crippen LogP) is 1.75. The number of halogens is 1. The summed E-state index contributed by atoms with van der Waals surface area (Å²) >= 11 is 3.57. The molecule has 0 aromatic heterocycles. The highest BCUT2D eigenvalue weighted by molar-refractivity contribution is 9.09. The average molecular weight is 189 g/mol. The van der Waals surface area contributed by atoms with Gasteiger partial charge in [0.15, 0.2) is 0 Å². The van der Waals surface area contributed by atoms with Crippen LogP contribution in [0.2, 0.25) is 0 Å². The zero-order chi connectivity index (χ0) is 6.43. The topological polar surface area (TPSA) is 17.1 Å². The van der Waals surface area contributed by atoms with Crippen molar-refractivity contribution in [2.75, 3.05) is 0 Å². The highest BCUT2D eigenvalue weighted by Crippen LogP contribution is 2.45. The number of hydrogen-bond acceptors (Lipinski definition) is 1. The molecule has 2 saturated carbocycles. The van der Waals surface area contributed by atoms with E-state index >= 15 is 0 Å². The van der Waals surface area contributed by atoms with Crippen molar-refractivity contribution in [1.82, 2.24) is 0 Å². The van der Waals surface area contributed by atoms with Crippen LogP contribution in [0, 0.1) is 11.8 Å². The van der Waals surface area contributed by atoms with Crippen molar-refractivity contribution in [2.45, 2.75) is 24.1 Å². The van der Waals surface area contributed by atoms with Gasteiger partial charge in [-0.3, -0.25) is 4.79 Å². The fraction of sp³-hybridized carbons (Fsp3) is 0.857. The zero-order valence-electron chi connectivity index (χ0n) is 5.14. The third-order valence-corrected chi connectivity index (χ3v) is 3.65. The number of carbonyl (C=O) groups excluding carboxylic acids is 1. The van der Waals surface area contributed by atoms with Crippen molar-refractivity contribution in [1.29, 1.82) is 0 Å². The molecule has 0 aromatic carbocycles. The highest BCUT2D eigenvalue weighted by Gasteiger charge is 2.43. The summed E-state index contributed by atoms with van der Waals surface area (Å²) in [5, 5.41) is 0. The Kier molecular flexibility index (Phi) is 1.19. The Hall–Kier alpha value is 0.150. The lowest BCUT2D eigenvalue weighted by atomic mass is 10.00. The van der Waals surface area contributed by atoms with E-state index in [1.165, 1.54) is 0 Å². The number of alkyl halides is 1. The van der Waals surface area contributed by atoms with Gasteiger partial charge in [0.05, 0.1) is 0 Å². The van der Waals surface area contributed by atoms with Crippen LogP contribution in [0.4, 0.5) is 0 Å². The lowest BCUT2D eigenvalue weighted by Gasteiger charge is -2.12. The molecule has 0 aromatic rings. The van der Waals surface area contributed by atoms with Crippen LogP contribution in [-0.2, 0) is 4.79 Å². The Morgan fingerprint density at radius 2 is 2.22 bits per heavy atom. The molecule has 2 bridgehead atoms. The fourth-order valence-corrected chi connectivity index (χ4v) is 2.83. The summed E-state index contributed by atoms with van der Waals surface area (Å²) in [5.41, 5.74) is 0. The van der Waals surface area contributed by atoms with Crippen molar-refractivity contribution in [3.63, 3.8) is 0 Å². The normalized spacial score (nSPS) is 48.6. The molecule has 0 heterocycles. The van der Waals surface area contributed by atoms with Gasteiger partial charge in [-0.2, -0.15) is 0 Å². The summed E-state index contributed by atoms with van der Waals surface area (Å²) in [6.45, 7) is 0. The molecule has 0 spiro atoms. The van der Waals surface area contributed by atoms with E-state index in [1.807, 2.05) is 0 Å². The Morgan fingerprint density at radius 1 is 1.44 bits per heavy atom. The monoisotopic (exact) mass is 188 g/mol. The van der Waals surface area contributed by atoms with Crippen LogP contribution in [0.5, 0.6) is 0 Å². The Morgan fingerprint density at radius 3 is 2.56 bits per heavy atom. The van der Waals surface area contributed by atoms with Gasteiger partial charge in [-0.15, -0.1) is 0 Å². The first-order valence-electron chi connectivity index (χ1n) is 3.44. The summed E-state index contributed by atoms with van der Waals surface area (Å²) in [5.74, 6) is 1.62. The molecule has 0 aliphatic heterocycles. The second-order valence-electron chi connectivity index (χ2n) is 3.11. The number of carbonyl (C=O) groups is 1. The molecule has 0 unspecified atom stereocenters.